The average molecular weight is 551 g/mol. The number of aromatic nitrogens is 2. The van der Waals surface area contributed by atoms with Crippen molar-refractivity contribution in [3.05, 3.63) is 58.6 Å². The summed E-state index contributed by atoms with van der Waals surface area (Å²) in [6.45, 7) is 2.58. The fourth-order valence-electron chi connectivity index (χ4n) is 2.74. The van der Waals surface area contributed by atoms with Gasteiger partial charge in [0, 0.05) is 17.3 Å². The lowest BCUT2D eigenvalue weighted by molar-refractivity contribution is 0.102. The van der Waals surface area contributed by atoms with Gasteiger partial charge in [-0.05, 0) is 64.8 Å². The van der Waals surface area contributed by atoms with Gasteiger partial charge in [0.25, 0.3) is 15.9 Å². The molecule has 12 heteroatoms. The van der Waals surface area contributed by atoms with Crippen LogP contribution in [-0.4, -0.2) is 45.1 Å². The van der Waals surface area contributed by atoms with E-state index in [1.165, 1.54) is 44.6 Å². The Morgan fingerprint density at radius 3 is 2.38 bits per heavy atom. The Morgan fingerprint density at radius 1 is 1.03 bits per heavy atom. The predicted molar refractivity (Wildman–Crippen MR) is 130 cm³/mol. The molecule has 0 aliphatic rings. The van der Waals surface area contributed by atoms with Crippen molar-refractivity contribution in [1.29, 1.82) is 0 Å². The highest BCUT2D eigenvalue weighted by molar-refractivity contribution is 9.10. The molecule has 1 amide bonds. The van der Waals surface area contributed by atoms with Crippen molar-refractivity contribution in [3.8, 4) is 17.6 Å². The highest BCUT2D eigenvalue weighted by Gasteiger charge is 2.17. The summed E-state index contributed by atoms with van der Waals surface area (Å²) >= 11 is 3.40. The number of benzene rings is 2. The third-order valence-corrected chi connectivity index (χ3v) is 6.38. The van der Waals surface area contributed by atoms with Gasteiger partial charge in [-0.25, -0.2) is 8.42 Å². The van der Waals surface area contributed by atoms with Crippen LogP contribution in [0.1, 0.15) is 23.7 Å². The van der Waals surface area contributed by atoms with Crippen molar-refractivity contribution in [2.75, 3.05) is 30.9 Å². The zero-order chi connectivity index (χ0) is 24.7. The number of amides is 1. The number of methoxy groups -OCH3 is 2. The molecule has 0 saturated heterocycles. The first-order valence-electron chi connectivity index (χ1n) is 10.1. The number of carbonyl (C=O) groups excluding carboxylic acids is 1. The Balaban J connectivity index is 1.71. The molecular weight excluding hydrogens is 528 g/mol. The predicted octanol–water partition coefficient (Wildman–Crippen LogP) is 4.10. The van der Waals surface area contributed by atoms with Crippen LogP contribution < -0.4 is 24.2 Å². The minimum Gasteiger partial charge on any atom is -0.492 e. The SMILES string of the molecule is CCCOc1ccc(C(=O)Nc2ccc(S(=O)(=O)Nc3cc(OC)nc(OC)n3)cc2)cc1Br. The summed E-state index contributed by atoms with van der Waals surface area (Å²) < 4.78 is 44.1. The minimum absolute atomic E-state index is 0.0157. The molecule has 180 valence electrons. The molecule has 1 aromatic heterocycles. The van der Waals surface area contributed by atoms with E-state index in [9.17, 15) is 13.2 Å². The first-order valence-corrected chi connectivity index (χ1v) is 12.4. The highest BCUT2D eigenvalue weighted by Crippen LogP contribution is 2.27. The van der Waals surface area contributed by atoms with Gasteiger partial charge in [0.05, 0.1) is 30.2 Å². The Labute approximate surface area is 205 Å². The molecule has 0 fully saturated rings. The zero-order valence-corrected chi connectivity index (χ0v) is 21.1. The van der Waals surface area contributed by atoms with E-state index >= 15 is 0 Å². The fraction of sp³-hybridized carbons (Fsp3) is 0.227. The number of hydrogen-bond acceptors (Lipinski definition) is 8. The quantitative estimate of drug-likeness (QED) is 0.386. The number of nitrogens with one attached hydrogen (secondary N) is 2. The van der Waals surface area contributed by atoms with Gasteiger partial charge in [0.1, 0.15) is 5.75 Å². The second kappa shape index (κ2) is 11.2. The van der Waals surface area contributed by atoms with Gasteiger partial charge in [0.2, 0.25) is 5.88 Å². The van der Waals surface area contributed by atoms with E-state index in [2.05, 4.69) is 35.9 Å². The first kappa shape index (κ1) is 25.2. The van der Waals surface area contributed by atoms with Gasteiger partial charge >= 0.3 is 6.01 Å². The van der Waals surface area contributed by atoms with Crippen molar-refractivity contribution in [3.63, 3.8) is 0 Å². The van der Waals surface area contributed by atoms with Crippen LogP contribution in [0, 0.1) is 0 Å². The smallest absolute Gasteiger partial charge is 0.321 e. The molecule has 0 aliphatic heterocycles. The van der Waals surface area contributed by atoms with Gasteiger partial charge < -0.3 is 19.5 Å². The second-order valence-corrected chi connectivity index (χ2v) is 9.40. The number of anilines is 2. The van der Waals surface area contributed by atoms with Crippen molar-refractivity contribution in [2.24, 2.45) is 0 Å². The fourth-order valence-corrected chi connectivity index (χ4v) is 4.23. The number of rotatable bonds is 10. The molecule has 2 N–H and O–H groups in total. The Morgan fingerprint density at radius 2 is 1.76 bits per heavy atom. The molecule has 0 atom stereocenters. The summed E-state index contributed by atoms with van der Waals surface area (Å²) in [6.07, 6.45) is 0.872. The van der Waals surface area contributed by atoms with E-state index in [1.807, 2.05) is 6.92 Å². The van der Waals surface area contributed by atoms with E-state index in [1.54, 1.807) is 18.2 Å². The van der Waals surface area contributed by atoms with Crippen molar-refractivity contribution >= 4 is 43.4 Å². The van der Waals surface area contributed by atoms with Gasteiger partial charge in [0.15, 0.2) is 5.82 Å². The molecule has 34 heavy (non-hydrogen) atoms. The van der Waals surface area contributed by atoms with Crippen LogP contribution in [0.5, 0.6) is 17.6 Å². The molecular formula is C22H23BrN4O6S. The van der Waals surface area contributed by atoms with Crippen LogP contribution in [0.4, 0.5) is 11.5 Å². The lowest BCUT2D eigenvalue weighted by Crippen LogP contribution is -2.15. The third-order valence-electron chi connectivity index (χ3n) is 4.39. The lowest BCUT2D eigenvalue weighted by atomic mass is 10.2. The zero-order valence-electron chi connectivity index (χ0n) is 18.7. The summed E-state index contributed by atoms with van der Waals surface area (Å²) in [7, 11) is -1.22. The van der Waals surface area contributed by atoms with Crippen molar-refractivity contribution in [1.82, 2.24) is 9.97 Å². The molecule has 3 aromatic rings. The highest BCUT2D eigenvalue weighted by atomic mass is 79.9. The summed E-state index contributed by atoms with van der Waals surface area (Å²) in [6, 6.07) is 12.0. The monoisotopic (exact) mass is 550 g/mol. The normalized spacial score (nSPS) is 10.9. The molecule has 2 aromatic carbocycles. The largest absolute Gasteiger partial charge is 0.492 e. The number of nitrogens with zero attached hydrogens (tertiary/aromatic N) is 2. The maximum Gasteiger partial charge on any atom is 0.321 e. The molecule has 3 rings (SSSR count). The molecule has 0 unspecified atom stereocenters. The van der Waals surface area contributed by atoms with Crippen LogP contribution >= 0.6 is 15.9 Å². The summed E-state index contributed by atoms with van der Waals surface area (Å²) in [4.78, 5) is 20.4. The molecule has 0 aliphatic carbocycles. The van der Waals surface area contributed by atoms with Crippen LogP contribution in [0.15, 0.2) is 57.9 Å². The first-order chi connectivity index (χ1) is 16.2. The Hall–Kier alpha value is -3.38. The van der Waals surface area contributed by atoms with Crippen molar-refractivity contribution < 1.29 is 27.4 Å². The molecule has 10 nitrogen and oxygen atoms in total. The van der Waals surface area contributed by atoms with Crippen LogP contribution in [0.3, 0.4) is 0 Å². The Bertz CT molecular complexity index is 1250. The number of sulfonamides is 1. The third kappa shape index (κ3) is 6.35. The topological polar surface area (TPSA) is 129 Å². The maximum atomic E-state index is 12.7. The molecule has 0 radical (unpaired) electrons. The van der Waals surface area contributed by atoms with Gasteiger partial charge in [-0.3, -0.25) is 9.52 Å². The summed E-state index contributed by atoms with van der Waals surface area (Å²) in [5.74, 6) is 0.424. The standard InChI is InChI=1S/C22H23BrN4O6S/c1-4-11-33-18-10-5-14(12-17(18)23)21(28)24-15-6-8-16(9-7-15)34(29,30)27-19-13-20(31-2)26-22(25-19)32-3/h5-10,12-13H,4,11H2,1-3H3,(H,24,28)(H,25,26,27). The number of hydrogen-bond donors (Lipinski definition) is 2. The molecule has 0 saturated carbocycles. The van der Waals surface area contributed by atoms with Gasteiger partial charge in [-0.1, -0.05) is 6.92 Å². The Kier molecular flexibility index (Phi) is 8.29. The van der Waals surface area contributed by atoms with E-state index in [0.717, 1.165) is 6.42 Å². The summed E-state index contributed by atoms with van der Waals surface area (Å²) in [5.41, 5.74) is 0.845. The number of carbonyl (C=O) groups is 1. The van der Waals surface area contributed by atoms with E-state index in [-0.39, 0.29) is 28.5 Å². The molecule has 0 bridgehead atoms. The van der Waals surface area contributed by atoms with Crippen LogP contribution in [0.25, 0.3) is 0 Å². The lowest BCUT2D eigenvalue weighted by Gasteiger charge is -2.11. The minimum atomic E-state index is -3.96. The van der Waals surface area contributed by atoms with E-state index in [4.69, 9.17) is 14.2 Å². The summed E-state index contributed by atoms with van der Waals surface area (Å²) in [5, 5.41) is 2.74. The number of halogens is 1. The average Bonchev–Trinajstić information content (AvgIpc) is 2.83. The second-order valence-electron chi connectivity index (χ2n) is 6.86. The van der Waals surface area contributed by atoms with Crippen LogP contribution in [0.2, 0.25) is 0 Å². The molecule has 0 spiro atoms. The van der Waals surface area contributed by atoms with Crippen molar-refractivity contribution in [2.45, 2.75) is 18.2 Å². The molecule has 1 heterocycles. The maximum absolute atomic E-state index is 12.7. The van der Waals surface area contributed by atoms with E-state index < -0.39 is 10.0 Å². The number of ether oxygens (including phenoxy) is 3. The van der Waals surface area contributed by atoms with E-state index in [0.29, 0.717) is 28.1 Å². The van der Waals surface area contributed by atoms with Crippen LogP contribution in [-0.2, 0) is 10.0 Å². The van der Waals surface area contributed by atoms with Gasteiger partial charge in [-0.2, -0.15) is 9.97 Å². The van der Waals surface area contributed by atoms with Gasteiger partial charge in [-0.15, -0.1) is 0 Å².